The third-order valence-electron chi connectivity index (χ3n) is 4.61. The molecule has 1 fully saturated rings. The van der Waals surface area contributed by atoms with E-state index in [0.29, 0.717) is 6.54 Å². The van der Waals surface area contributed by atoms with Crippen LogP contribution in [0.15, 0.2) is 35.8 Å². The van der Waals surface area contributed by atoms with E-state index in [1.165, 1.54) is 0 Å². The lowest BCUT2D eigenvalue weighted by molar-refractivity contribution is -0.131. The second kappa shape index (κ2) is 9.03. The summed E-state index contributed by atoms with van der Waals surface area (Å²) < 4.78 is 5.35. The van der Waals surface area contributed by atoms with Gasteiger partial charge in [0, 0.05) is 49.7 Å². The molecule has 3 rings (SSSR count). The molecule has 0 radical (unpaired) electrons. The molecule has 25 heavy (non-hydrogen) atoms. The smallest absolute Gasteiger partial charge is 0.329 e. The molecule has 0 saturated carbocycles. The van der Waals surface area contributed by atoms with Crippen molar-refractivity contribution in [1.82, 2.24) is 15.1 Å². The number of morpholine rings is 1. The van der Waals surface area contributed by atoms with E-state index in [4.69, 9.17) is 9.84 Å². The fourth-order valence-electron chi connectivity index (χ4n) is 3.23. The number of rotatable bonds is 5. The Hall–Kier alpha value is -1.83. The molecule has 1 saturated heterocycles. The van der Waals surface area contributed by atoms with E-state index in [1.54, 1.807) is 12.4 Å². The number of hydrogen-bond acceptors (Lipinski definition) is 5. The van der Waals surface area contributed by atoms with E-state index in [9.17, 15) is 9.59 Å². The number of carboxylic acid groups (broad SMARTS) is 1. The first-order chi connectivity index (χ1) is 11.6. The Balaban J connectivity index is 0.00000225. The van der Waals surface area contributed by atoms with Crippen molar-refractivity contribution in [3.8, 4) is 0 Å². The highest BCUT2D eigenvalue weighted by Crippen LogP contribution is 2.27. The number of carbonyl (C=O) groups excluding carboxylic acids is 1. The van der Waals surface area contributed by atoms with Crippen LogP contribution in [-0.2, 0) is 14.3 Å². The molecule has 138 valence electrons. The molecule has 0 aliphatic carbocycles. The summed E-state index contributed by atoms with van der Waals surface area (Å²) in [6, 6.07) is 0. The summed E-state index contributed by atoms with van der Waals surface area (Å²) in [5.74, 6) is -0.909. The maximum atomic E-state index is 12.3. The first-order valence-electron chi connectivity index (χ1n) is 8.30. The van der Waals surface area contributed by atoms with Crippen LogP contribution in [0.5, 0.6) is 0 Å². The van der Waals surface area contributed by atoms with E-state index in [0.717, 1.165) is 63.0 Å². The van der Waals surface area contributed by atoms with Crippen molar-refractivity contribution in [2.75, 3.05) is 39.4 Å². The molecule has 3 aliphatic heterocycles. The monoisotopic (exact) mass is 369 g/mol. The van der Waals surface area contributed by atoms with Crippen molar-refractivity contribution in [1.29, 1.82) is 0 Å². The molecular weight excluding hydrogens is 346 g/mol. The molecule has 2 N–H and O–H groups in total. The zero-order valence-corrected chi connectivity index (χ0v) is 14.8. The standard InChI is InChI=1S/C17H23N3O4.ClH/c21-16(22)3-6-20-5-2-15-14(12-20)11-13(17(23)18-15)1-4-19-7-9-24-10-8-19;/h2-3,5-6,13H,1,4,7-12H2,(H,18,23)(H,21,22);1H/b6-3+;. The van der Waals surface area contributed by atoms with Crippen LogP contribution in [-0.4, -0.2) is 66.2 Å². The van der Waals surface area contributed by atoms with E-state index in [1.807, 2.05) is 11.0 Å². The average molecular weight is 370 g/mol. The van der Waals surface area contributed by atoms with Gasteiger partial charge in [-0.2, -0.15) is 0 Å². The first-order valence-corrected chi connectivity index (χ1v) is 8.30. The van der Waals surface area contributed by atoms with Gasteiger partial charge in [-0.3, -0.25) is 9.69 Å². The summed E-state index contributed by atoms with van der Waals surface area (Å²) >= 11 is 0. The van der Waals surface area contributed by atoms with Gasteiger partial charge in [-0.1, -0.05) is 0 Å². The highest BCUT2D eigenvalue weighted by Gasteiger charge is 2.29. The van der Waals surface area contributed by atoms with Crippen molar-refractivity contribution < 1.29 is 19.4 Å². The minimum absolute atomic E-state index is 0. The topological polar surface area (TPSA) is 82.1 Å². The molecule has 8 heteroatoms. The van der Waals surface area contributed by atoms with Crippen LogP contribution in [0.25, 0.3) is 0 Å². The van der Waals surface area contributed by atoms with Crippen molar-refractivity contribution >= 4 is 24.3 Å². The van der Waals surface area contributed by atoms with Crippen molar-refractivity contribution in [3.63, 3.8) is 0 Å². The number of nitrogens with one attached hydrogen (secondary N) is 1. The predicted molar refractivity (Wildman–Crippen MR) is 95.0 cm³/mol. The Morgan fingerprint density at radius 1 is 1.40 bits per heavy atom. The number of amides is 1. The zero-order chi connectivity index (χ0) is 16.9. The minimum Gasteiger partial charge on any atom is -0.478 e. The van der Waals surface area contributed by atoms with Gasteiger partial charge >= 0.3 is 5.97 Å². The van der Waals surface area contributed by atoms with Crippen LogP contribution in [0.4, 0.5) is 0 Å². The van der Waals surface area contributed by atoms with Gasteiger partial charge in [-0.05, 0) is 31.0 Å². The van der Waals surface area contributed by atoms with E-state index in [-0.39, 0.29) is 24.2 Å². The number of allylic oxidation sites excluding steroid dienone is 1. The molecule has 0 aromatic heterocycles. The Kier molecular flexibility index (Phi) is 7.04. The molecule has 0 bridgehead atoms. The molecule has 0 aromatic rings. The van der Waals surface area contributed by atoms with Crippen LogP contribution < -0.4 is 5.32 Å². The first kappa shape index (κ1) is 19.5. The second-order valence-electron chi connectivity index (χ2n) is 6.29. The van der Waals surface area contributed by atoms with Crippen LogP contribution in [0, 0.1) is 5.92 Å². The van der Waals surface area contributed by atoms with E-state index < -0.39 is 5.97 Å². The van der Waals surface area contributed by atoms with Crippen molar-refractivity contribution in [2.45, 2.75) is 12.8 Å². The molecule has 1 unspecified atom stereocenters. The lowest BCUT2D eigenvalue weighted by Crippen LogP contribution is -2.42. The van der Waals surface area contributed by atoms with E-state index >= 15 is 0 Å². The molecule has 7 nitrogen and oxygen atoms in total. The normalized spacial score (nSPS) is 24.1. The van der Waals surface area contributed by atoms with Gasteiger partial charge in [0.05, 0.1) is 13.2 Å². The largest absolute Gasteiger partial charge is 0.478 e. The zero-order valence-electron chi connectivity index (χ0n) is 14.0. The van der Waals surface area contributed by atoms with Gasteiger partial charge in [0.2, 0.25) is 5.91 Å². The van der Waals surface area contributed by atoms with Crippen LogP contribution in [0.1, 0.15) is 12.8 Å². The number of hydrogen-bond donors (Lipinski definition) is 2. The maximum absolute atomic E-state index is 12.3. The van der Waals surface area contributed by atoms with Gasteiger partial charge in [-0.15, -0.1) is 12.4 Å². The molecule has 1 atom stereocenters. The second-order valence-corrected chi connectivity index (χ2v) is 6.29. The lowest BCUT2D eigenvalue weighted by atomic mass is 9.89. The van der Waals surface area contributed by atoms with Gasteiger partial charge in [-0.25, -0.2) is 4.79 Å². The summed E-state index contributed by atoms with van der Waals surface area (Å²) in [5, 5.41) is 11.7. The third kappa shape index (κ3) is 5.32. The molecule has 3 aliphatic rings. The molecular formula is C17H24ClN3O4. The van der Waals surface area contributed by atoms with Gasteiger partial charge in [0.25, 0.3) is 0 Å². The predicted octanol–water partition coefficient (Wildman–Crippen LogP) is 0.948. The Morgan fingerprint density at radius 2 is 2.16 bits per heavy atom. The molecule has 0 aromatic carbocycles. The number of nitrogens with zero attached hydrogens (tertiary/aromatic N) is 2. The molecule has 1 amide bonds. The van der Waals surface area contributed by atoms with Gasteiger partial charge in [0.15, 0.2) is 0 Å². The summed E-state index contributed by atoms with van der Waals surface area (Å²) in [5.41, 5.74) is 2.02. The summed E-state index contributed by atoms with van der Waals surface area (Å²) in [4.78, 5) is 27.1. The highest BCUT2D eigenvalue weighted by molar-refractivity contribution is 5.85. The Bertz CT molecular complexity index is 597. The van der Waals surface area contributed by atoms with Gasteiger partial charge in [0.1, 0.15) is 0 Å². The summed E-state index contributed by atoms with van der Waals surface area (Å²) in [7, 11) is 0. The van der Waals surface area contributed by atoms with Crippen molar-refractivity contribution in [2.24, 2.45) is 5.92 Å². The number of carboxylic acids is 1. The minimum atomic E-state index is -0.969. The fourth-order valence-corrected chi connectivity index (χ4v) is 3.23. The molecule has 0 spiro atoms. The SMILES string of the molecule is Cl.O=C(O)/C=C/N1C=CC2=C(CC(CCN3CCOCC3)C(=O)N2)C1. The van der Waals surface area contributed by atoms with E-state index in [2.05, 4.69) is 10.2 Å². The highest BCUT2D eigenvalue weighted by atomic mass is 35.5. The number of carbonyl (C=O) groups is 2. The van der Waals surface area contributed by atoms with Crippen LogP contribution >= 0.6 is 12.4 Å². The third-order valence-corrected chi connectivity index (χ3v) is 4.61. The Labute approximate surface area is 153 Å². The summed E-state index contributed by atoms with van der Waals surface area (Å²) in [6.07, 6.45) is 7.84. The fraction of sp³-hybridized carbons (Fsp3) is 0.529. The molecule has 3 heterocycles. The Morgan fingerprint density at radius 3 is 2.88 bits per heavy atom. The number of ether oxygens (including phenoxy) is 1. The lowest BCUT2D eigenvalue weighted by Gasteiger charge is -2.33. The number of aliphatic carboxylic acids is 1. The van der Waals surface area contributed by atoms with Crippen LogP contribution in [0.2, 0.25) is 0 Å². The number of halogens is 1. The maximum Gasteiger partial charge on any atom is 0.329 e. The van der Waals surface area contributed by atoms with Crippen molar-refractivity contribution in [3.05, 3.63) is 35.8 Å². The summed E-state index contributed by atoms with van der Waals surface area (Å²) in [6.45, 7) is 4.91. The van der Waals surface area contributed by atoms with Gasteiger partial charge < -0.3 is 20.1 Å². The quantitative estimate of drug-likeness (QED) is 0.702. The van der Waals surface area contributed by atoms with Crippen LogP contribution in [0.3, 0.4) is 0 Å². The average Bonchev–Trinajstić information content (AvgIpc) is 2.59.